The fourth-order valence-corrected chi connectivity index (χ4v) is 3.52. The van der Waals surface area contributed by atoms with Crippen LogP contribution in [0.15, 0.2) is 47.7 Å². The predicted octanol–water partition coefficient (Wildman–Crippen LogP) is 2.48. The molecule has 3 rings (SSSR count). The normalized spacial score (nSPS) is 15.1. The van der Waals surface area contributed by atoms with Crippen LogP contribution in [0.1, 0.15) is 18.4 Å². The molecule has 7 heteroatoms. The van der Waals surface area contributed by atoms with Crippen molar-refractivity contribution in [1.29, 1.82) is 0 Å². The number of aliphatic imine (C=N–C) groups is 1. The molecule has 2 N–H and O–H groups in total. The Morgan fingerprint density at radius 2 is 1.90 bits per heavy atom. The Kier molecular flexibility index (Phi) is 7.55. The number of nitrogens with zero attached hydrogens (tertiary/aromatic N) is 3. The first-order valence-electron chi connectivity index (χ1n) is 10.1. The Balaban J connectivity index is 1.47. The van der Waals surface area contributed by atoms with Crippen LogP contribution in [0.3, 0.4) is 0 Å². The number of piperidine rings is 1. The first-order valence-corrected chi connectivity index (χ1v) is 10.1. The summed E-state index contributed by atoms with van der Waals surface area (Å²) in [4.78, 5) is 10.9. The number of hydrogen-bond donors (Lipinski definition) is 2. The third-order valence-electron chi connectivity index (χ3n) is 5.19. The van der Waals surface area contributed by atoms with Gasteiger partial charge < -0.3 is 25.0 Å². The molecule has 1 aliphatic heterocycles. The van der Waals surface area contributed by atoms with Gasteiger partial charge in [-0.2, -0.15) is 0 Å². The molecule has 0 saturated carbocycles. The van der Waals surface area contributed by atoms with E-state index >= 15 is 0 Å². The maximum atomic E-state index is 5.40. The second-order valence-electron chi connectivity index (χ2n) is 7.09. The number of methoxy groups -OCH3 is 2. The maximum absolute atomic E-state index is 5.40. The summed E-state index contributed by atoms with van der Waals surface area (Å²) < 4.78 is 10.8. The standard InChI is InChI=1S/C22H31N5O2/c1-23-22(25-10-6-17-5-4-9-24-16-17)26-18-7-11-27(12-8-18)19-13-20(28-2)15-21(14-19)29-3/h4-5,9,13-16,18H,6-8,10-12H2,1-3H3,(H2,23,25,26). The number of anilines is 1. The first kappa shape index (κ1) is 20.8. The lowest BCUT2D eigenvalue weighted by Gasteiger charge is -2.34. The van der Waals surface area contributed by atoms with Crippen molar-refractivity contribution in [3.05, 3.63) is 48.3 Å². The molecule has 2 heterocycles. The van der Waals surface area contributed by atoms with Crippen LogP contribution in [0, 0.1) is 0 Å². The Hall–Kier alpha value is -2.96. The van der Waals surface area contributed by atoms with Gasteiger partial charge in [-0.05, 0) is 30.9 Å². The monoisotopic (exact) mass is 397 g/mol. The van der Waals surface area contributed by atoms with Crippen molar-refractivity contribution in [2.45, 2.75) is 25.3 Å². The van der Waals surface area contributed by atoms with Crippen molar-refractivity contribution in [2.24, 2.45) is 4.99 Å². The van der Waals surface area contributed by atoms with Gasteiger partial charge in [0, 0.05) is 69.0 Å². The molecule has 0 radical (unpaired) electrons. The minimum Gasteiger partial charge on any atom is -0.497 e. The minimum absolute atomic E-state index is 0.406. The highest BCUT2D eigenvalue weighted by molar-refractivity contribution is 5.80. The fraction of sp³-hybridized carbons (Fsp3) is 0.455. The van der Waals surface area contributed by atoms with Crippen molar-refractivity contribution in [2.75, 3.05) is 45.8 Å². The molecule has 29 heavy (non-hydrogen) atoms. The van der Waals surface area contributed by atoms with Crippen molar-refractivity contribution < 1.29 is 9.47 Å². The summed E-state index contributed by atoms with van der Waals surface area (Å²) >= 11 is 0. The predicted molar refractivity (Wildman–Crippen MR) is 117 cm³/mol. The number of guanidine groups is 1. The number of nitrogens with one attached hydrogen (secondary N) is 2. The summed E-state index contributed by atoms with van der Waals surface area (Å²) in [5, 5.41) is 6.96. The lowest BCUT2D eigenvalue weighted by Crippen LogP contribution is -2.49. The molecule has 156 valence electrons. The second-order valence-corrected chi connectivity index (χ2v) is 7.09. The molecule has 0 bridgehead atoms. The summed E-state index contributed by atoms with van der Waals surface area (Å²) in [7, 11) is 5.18. The quantitative estimate of drug-likeness (QED) is 0.553. The Bertz CT molecular complexity index is 767. The summed E-state index contributed by atoms with van der Waals surface area (Å²) in [5.74, 6) is 2.49. The summed E-state index contributed by atoms with van der Waals surface area (Å²) in [5.41, 5.74) is 2.36. The van der Waals surface area contributed by atoms with Crippen LogP contribution >= 0.6 is 0 Å². The van der Waals surface area contributed by atoms with Crippen molar-refractivity contribution in [1.82, 2.24) is 15.6 Å². The third-order valence-corrected chi connectivity index (χ3v) is 5.19. The van der Waals surface area contributed by atoms with Gasteiger partial charge in [-0.25, -0.2) is 0 Å². The van der Waals surface area contributed by atoms with E-state index in [1.54, 1.807) is 20.4 Å². The zero-order valence-electron chi connectivity index (χ0n) is 17.5. The van der Waals surface area contributed by atoms with Crippen molar-refractivity contribution in [3.8, 4) is 11.5 Å². The summed E-state index contributed by atoms with van der Waals surface area (Å²) in [6, 6.07) is 10.5. The SMILES string of the molecule is CN=C(NCCc1cccnc1)NC1CCN(c2cc(OC)cc(OC)c2)CC1. The van der Waals surface area contributed by atoms with E-state index in [0.717, 1.165) is 62.0 Å². The van der Waals surface area contributed by atoms with Gasteiger partial charge in [0.25, 0.3) is 0 Å². The van der Waals surface area contributed by atoms with Gasteiger partial charge in [0.1, 0.15) is 11.5 Å². The average molecular weight is 398 g/mol. The molecular weight excluding hydrogens is 366 g/mol. The number of pyridine rings is 1. The van der Waals surface area contributed by atoms with E-state index in [1.807, 2.05) is 25.4 Å². The molecule has 0 spiro atoms. The fourth-order valence-electron chi connectivity index (χ4n) is 3.52. The molecule has 7 nitrogen and oxygen atoms in total. The molecule has 1 fully saturated rings. The molecule has 0 aliphatic carbocycles. The second kappa shape index (κ2) is 10.5. The van der Waals surface area contributed by atoms with Crippen LogP contribution in [-0.4, -0.2) is 57.9 Å². The molecular formula is C22H31N5O2. The highest BCUT2D eigenvalue weighted by atomic mass is 16.5. The topological polar surface area (TPSA) is 71.0 Å². The number of aromatic nitrogens is 1. The van der Waals surface area contributed by atoms with Crippen LogP contribution in [0.2, 0.25) is 0 Å². The van der Waals surface area contributed by atoms with Gasteiger partial charge in [-0.1, -0.05) is 6.07 Å². The van der Waals surface area contributed by atoms with Gasteiger partial charge in [-0.15, -0.1) is 0 Å². The van der Waals surface area contributed by atoms with Crippen LogP contribution in [-0.2, 0) is 6.42 Å². The van der Waals surface area contributed by atoms with Crippen LogP contribution in [0.4, 0.5) is 5.69 Å². The van der Waals surface area contributed by atoms with E-state index in [-0.39, 0.29) is 0 Å². The smallest absolute Gasteiger partial charge is 0.191 e. The van der Waals surface area contributed by atoms with Crippen molar-refractivity contribution in [3.63, 3.8) is 0 Å². The van der Waals surface area contributed by atoms with E-state index in [1.165, 1.54) is 5.56 Å². The third kappa shape index (κ3) is 6.01. The van der Waals surface area contributed by atoms with E-state index in [4.69, 9.17) is 9.47 Å². The van der Waals surface area contributed by atoms with Crippen LogP contribution in [0.5, 0.6) is 11.5 Å². The maximum Gasteiger partial charge on any atom is 0.191 e. The molecule has 2 aromatic rings. The van der Waals surface area contributed by atoms with Gasteiger partial charge in [-0.3, -0.25) is 9.98 Å². The van der Waals surface area contributed by atoms with Crippen LogP contribution < -0.4 is 25.0 Å². The number of benzene rings is 1. The van der Waals surface area contributed by atoms with E-state index in [2.05, 4.69) is 43.7 Å². The zero-order valence-corrected chi connectivity index (χ0v) is 17.5. The number of hydrogen-bond acceptors (Lipinski definition) is 5. The highest BCUT2D eigenvalue weighted by Crippen LogP contribution is 2.30. The number of ether oxygens (including phenoxy) is 2. The molecule has 1 aromatic carbocycles. The highest BCUT2D eigenvalue weighted by Gasteiger charge is 2.21. The Labute approximate surface area is 173 Å². The lowest BCUT2D eigenvalue weighted by molar-refractivity contribution is 0.393. The van der Waals surface area contributed by atoms with E-state index < -0.39 is 0 Å². The largest absolute Gasteiger partial charge is 0.497 e. The van der Waals surface area contributed by atoms with Gasteiger partial charge in [0.2, 0.25) is 0 Å². The lowest BCUT2D eigenvalue weighted by atomic mass is 10.0. The van der Waals surface area contributed by atoms with Crippen molar-refractivity contribution >= 4 is 11.6 Å². The number of rotatable bonds is 7. The molecule has 1 aromatic heterocycles. The molecule has 0 atom stereocenters. The minimum atomic E-state index is 0.406. The Morgan fingerprint density at radius 3 is 2.48 bits per heavy atom. The van der Waals surface area contributed by atoms with Crippen LogP contribution in [0.25, 0.3) is 0 Å². The summed E-state index contributed by atoms with van der Waals surface area (Å²) in [6.45, 7) is 2.77. The summed E-state index contributed by atoms with van der Waals surface area (Å²) in [6.07, 6.45) is 6.71. The first-order chi connectivity index (χ1) is 14.2. The molecule has 1 saturated heterocycles. The molecule has 1 aliphatic rings. The average Bonchev–Trinajstić information content (AvgIpc) is 2.79. The van der Waals surface area contributed by atoms with Gasteiger partial charge in [0.05, 0.1) is 14.2 Å². The van der Waals surface area contributed by atoms with E-state index in [9.17, 15) is 0 Å². The van der Waals surface area contributed by atoms with E-state index in [0.29, 0.717) is 6.04 Å². The van der Waals surface area contributed by atoms with Gasteiger partial charge in [0.15, 0.2) is 5.96 Å². The molecule has 0 amide bonds. The van der Waals surface area contributed by atoms with Gasteiger partial charge >= 0.3 is 0 Å². The zero-order chi connectivity index (χ0) is 20.5. The Morgan fingerprint density at radius 1 is 1.17 bits per heavy atom. The molecule has 0 unspecified atom stereocenters.